The zero-order chi connectivity index (χ0) is 20.7. The van der Waals surface area contributed by atoms with Crippen LogP contribution in [0.3, 0.4) is 0 Å². The van der Waals surface area contributed by atoms with Gasteiger partial charge >= 0.3 is 0 Å². The van der Waals surface area contributed by atoms with E-state index in [1.165, 1.54) is 11.3 Å². The van der Waals surface area contributed by atoms with Crippen molar-refractivity contribution in [2.24, 2.45) is 11.7 Å². The molecule has 2 aromatic heterocycles. The van der Waals surface area contributed by atoms with Crippen molar-refractivity contribution in [2.75, 3.05) is 11.9 Å². The molecule has 3 aromatic rings. The number of nitrogens with one attached hydrogen (secondary N) is 1. The van der Waals surface area contributed by atoms with Gasteiger partial charge in [0.15, 0.2) is 0 Å². The molecule has 1 fully saturated rings. The predicted molar refractivity (Wildman–Crippen MR) is 109 cm³/mol. The van der Waals surface area contributed by atoms with Crippen LogP contribution < -0.4 is 11.1 Å². The van der Waals surface area contributed by atoms with Crippen LogP contribution in [0, 0.1) is 12.8 Å². The van der Waals surface area contributed by atoms with Gasteiger partial charge in [0.2, 0.25) is 5.82 Å². The van der Waals surface area contributed by atoms with Crippen LogP contribution in [0.1, 0.15) is 22.7 Å². The number of nitrogens with zero attached hydrogens (tertiary/aromatic N) is 3. The van der Waals surface area contributed by atoms with Crippen LogP contribution >= 0.6 is 11.3 Å². The molecule has 1 amide bonds. The third-order valence-electron chi connectivity index (χ3n) is 5.18. The third kappa shape index (κ3) is 3.55. The molecule has 9 nitrogen and oxygen atoms in total. The van der Waals surface area contributed by atoms with Gasteiger partial charge in [0.05, 0.1) is 33.6 Å². The number of para-hydroxylation sites is 1. The van der Waals surface area contributed by atoms with Crippen LogP contribution in [0.5, 0.6) is 0 Å². The summed E-state index contributed by atoms with van der Waals surface area (Å²) < 4.78 is 0.989. The Morgan fingerprint density at radius 2 is 2.00 bits per heavy atom. The van der Waals surface area contributed by atoms with E-state index in [0.29, 0.717) is 28.5 Å². The highest BCUT2D eigenvalue weighted by Gasteiger charge is 2.41. The maximum atomic E-state index is 11.7. The van der Waals surface area contributed by atoms with Gasteiger partial charge in [0.1, 0.15) is 16.9 Å². The number of thiazole rings is 1. The van der Waals surface area contributed by atoms with Crippen molar-refractivity contribution in [2.45, 2.75) is 31.6 Å². The molecule has 4 atom stereocenters. The van der Waals surface area contributed by atoms with Crippen LogP contribution in [0.15, 0.2) is 24.3 Å². The molecule has 152 valence electrons. The van der Waals surface area contributed by atoms with Crippen molar-refractivity contribution in [3.8, 4) is 10.6 Å². The van der Waals surface area contributed by atoms with Gasteiger partial charge in [-0.3, -0.25) is 4.79 Å². The van der Waals surface area contributed by atoms with E-state index in [2.05, 4.69) is 20.3 Å². The molecule has 0 aliphatic heterocycles. The molecule has 0 spiro atoms. The minimum Gasteiger partial charge on any atom is -0.396 e. The van der Waals surface area contributed by atoms with Gasteiger partial charge in [-0.05, 0) is 25.5 Å². The lowest BCUT2D eigenvalue weighted by Gasteiger charge is -2.20. The summed E-state index contributed by atoms with van der Waals surface area (Å²) in [6.45, 7) is 1.49. The second-order valence-electron chi connectivity index (χ2n) is 7.12. The molecule has 0 radical (unpaired) electrons. The Kier molecular flexibility index (Phi) is 5.17. The summed E-state index contributed by atoms with van der Waals surface area (Å²) in [4.78, 5) is 24.8. The number of carbonyl (C=O) groups excluding carboxylic acids is 1. The molecule has 6 N–H and O–H groups in total. The van der Waals surface area contributed by atoms with Crippen molar-refractivity contribution in [3.05, 3.63) is 35.8 Å². The molecule has 0 saturated heterocycles. The molecule has 0 bridgehead atoms. The monoisotopic (exact) mass is 415 g/mol. The number of anilines is 1. The Morgan fingerprint density at radius 3 is 2.66 bits per heavy atom. The molecule has 2 heterocycles. The molecular formula is C19H21N5O4S. The number of aromatic nitrogens is 3. The zero-order valence-corrected chi connectivity index (χ0v) is 16.4. The SMILES string of the molecule is Cc1nc(C(N)=O)nc(NC2CC(CO)C(O)C2O)c1-c1nc2ccccc2s1. The first-order valence-corrected chi connectivity index (χ1v) is 9.98. The number of primary amides is 1. The van der Waals surface area contributed by atoms with Gasteiger partial charge < -0.3 is 26.4 Å². The van der Waals surface area contributed by atoms with E-state index in [4.69, 9.17) is 5.73 Å². The predicted octanol–water partition coefficient (Wildman–Crippen LogP) is 0.675. The maximum Gasteiger partial charge on any atom is 0.286 e. The van der Waals surface area contributed by atoms with E-state index in [1.54, 1.807) is 6.92 Å². The van der Waals surface area contributed by atoms with Crippen LogP contribution in [0.4, 0.5) is 5.82 Å². The Hall–Kier alpha value is -2.66. The summed E-state index contributed by atoms with van der Waals surface area (Å²) in [7, 11) is 0. The lowest BCUT2D eigenvalue weighted by molar-refractivity contribution is 0.00445. The first-order valence-electron chi connectivity index (χ1n) is 9.17. The lowest BCUT2D eigenvalue weighted by atomic mass is 10.1. The fourth-order valence-corrected chi connectivity index (χ4v) is 4.71. The van der Waals surface area contributed by atoms with Crippen molar-refractivity contribution in [1.82, 2.24) is 15.0 Å². The number of hydrogen-bond donors (Lipinski definition) is 5. The van der Waals surface area contributed by atoms with E-state index in [1.807, 2.05) is 24.3 Å². The number of aliphatic hydroxyl groups is 3. The van der Waals surface area contributed by atoms with Gasteiger partial charge in [0.25, 0.3) is 5.91 Å². The van der Waals surface area contributed by atoms with Crippen LogP contribution in [0.25, 0.3) is 20.8 Å². The summed E-state index contributed by atoms with van der Waals surface area (Å²) in [5.74, 6) is -1.07. The third-order valence-corrected chi connectivity index (χ3v) is 6.23. The zero-order valence-electron chi connectivity index (χ0n) is 15.6. The topological polar surface area (TPSA) is 154 Å². The molecule has 1 saturated carbocycles. The average Bonchev–Trinajstić information content (AvgIpc) is 3.23. The fourth-order valence-electron chi connectivity index (χ4n) is 3.65. The van der Waals surface area contributed by atoms with E-state index < -0.39 is 30.1 Å². The van der Waals surface area contributed by atoms with Crippen molar-refractivity contribution >= 4 is 33.3 Å². The molecule has 29 heavy (non-hydrogen) atoms. The Morgan fingerprint density at radius 1 is 1.24 bits per heavy atom. The van der Waals surface area contributed by atoms with Crippen LogP contribution in [-0.4, -0.2) is 61.0 Å². The molecule has 10 heteroatoms. The fraction of sp³-hybridized carbons (Fsp3) is 0.368. The average molecular weight is 415 g/mol. The van der Waals surface area contributed by atoms with Crippen molar-refractivity contribution in [3.63, 3.8) is 0 Å². The summed E-state index contributed by atoms with van der Waals surface area (Å²) in [6.07, 6.45) is -1.81. The first kappa shape index (κ1) is 19.6. The first-order chi connectivity index (χ1) is 13.9. The smallest absolute Gasteiger partial charge is 0.286 e. The molecule has 4 rings (SSSR count). The number of carbonyl (C=O) groups is 1. The van der Waals surface area contributed by atoms with Crippen LogP contribution in [0.2, 0.25) is 0 Å². The second kappa shape index (κ2) is 7.64. The quantitative estimate of drug-likeness (QED) is 0.407. The summed E-state index contributed by atoms with van der Waals surface area (Å²) >= 11 is 1.46. The van der Waals surface area contributed by atoms with Crippen molar-refractivity contribution in [1.29, 1.82) is 0 Å². The van der Waals surface area contributed by atoms with E-state index in [9.17, 15) is 20.1 Å². The summed E-state index contributed by atoms with van der Waals surface area (Å²) in [5, 5.41) is 33.7. The van der Waals surface area contributed by atoms with Gasteiger partial charge in [0, 0.05) is 12.5 Å². The number of benzene rings is 1. The number of rotatable bonds is 5. The van der Waals surface area contributed by atoms with Gasteiger partial charge in [-0.1, -0.05) is 12.1 Å². The van der Waals surface area contributed by atoms with E-state index in [0.717, 1.165) is 10.2 Å². The largest absolute Gasteiger partial charge is 0.396 e. The highest BCUT2D eigenvalue weighted by atomic mass is 32.1. The molecule has 1 aliphatic rings. The number of hydrogen-bond acceptors (Lipinski definition) is 9. The second-order valence-corrected chi connectivity index (χ2v) is 8.15. The molecule has 4 unspecified atom stereocenters. The number of amides is 1. The standard InChI is InChI=1S/C19H21N5O4S/c1-8-13(19-23-10-4-2-3-5-12(10)29-19)17(24-18(21-8)16(20)28)22-11-6-9(7-25)14(26)15(11)27/h2-5,9,11,14-15,25-27H,6-7H2,1H3,(H2,20,28)(H,21,22,24). The van der Waals surface area contributed by atoms with Crippen molar-refractivity contribution < 1.29 is 20.1 Å². The van der Waals surface area contributed by atoms with Crippen LogP contribution in [-0.2, 0) is 0 Å². The summed E-state index contributed by atoms with van der Waals surface area (Å²) in [5.41, 5.74) is 7.32. The number of fused-ring (bicyclic) bond motifs is 1. The molecular weight excluding hydrogens is 394 g/mol. The Bertz CT molecular complexity index is 1040. The van der Waals surface area contributed by atoms with Gasteiger partial charge in [-0.25, -0.2) is 15.0 Å². The normalized spacial score (nSPS) is 24.1. The Labute approximate surface area is 170 Å². The van der Waals surface area contributed by atoms with E-state index >= 15 is 0 Å². The highest BCUT2D eigenvalue weighted by molar-refractivity contribution is 7.21. The Balaban J connectivity index is 1.80. The van der Waals surface area contributed by atoms with Gasteiger partial charge in [-0.2, -0.15) is 0 Å². The number of aliphatic hydroxyl groups excluding tert-OH is 3. The van der Waals surface area contributed by atoms with E-state index in [-0.39, 0.29) is 12.4 Å². The molecule has 1 aromatic carbocycles. The molecule has 1 aliphatic carbocycles. The number of nitrogens with two attached hydrogens (primary N) is 1. The van der Waals surface area contributed by atoms with Gasteiger partial charge in [-0.15, -0.1) is 11.3 Å². The minimum absolute atomic E-state index is 0.151. The number of aryl methyl sites for hydroxylation is 1. The lowest BCUT2D eigenvalue weighted by Crippen LogP contribution is -2.36. The maximum absolute atomic E-state index is 11.7. The minimum atomic E-state index is -1.09. The highest BCUT2D eigenvalue weighted by Crippen LogP contribution is 2.37. The summed E-state index contributed by atoms with van der Waals surface area (Å²) in [6, 6.07) is 7.12.